The molecule has 3 atom stereocenters. The Morgan fingerprint density at radius 3 is 1.63 bits per heavy atom. The Morgan fingerprint density at radius 2 is 1.09 bits per heavy atom. The summed E-state index contributed by atoms with van der Waals surface area (Å²) in [5.74, 6) is -1.11. The van der Waals surface area contributed by atoms with E-state index < -0.39 is 70.5 Å². The second-order valence-corrected chi connectivity index (χ2v) is 31.0. The molecular weight excluding hydrogens is 1700 g/mol. The fourth-order valence-corrected chi connectivity index (χ4v) is 14.7. The Labute approximate surface area is 694 Å². The van der Waals surface area contributed by atoms with Gasteiger partial charge < -0.3 is 48.4 Å². The van der Waals surface area contributed by atoms with E-state index in [1.165, 1.54) is 111 Å². The summed E-state index contributed by atoms with van der Waals surface area (Å²) in [7, 11) is 3.12. The lowest BCUT2D eigenvalue weighted by Gasteiger charge is -2.32. The highest BCUT2D eigenvalue weighted by molar-refractivity contribution is 14.1. The SMILES string of the molecule is CC(O)c1oc2cccc(F)c2c(=O)c1-c1ccccc1.CC1(C)OB(c2ccc3c(c2)C(=O)NC3)OC1(C)C.CCC(Br)c1oc2cccc(F)c2c(=O)c1-c1cccc(F)c1.CNc1ncnc2c1C(c1ccc(OC(C)C)c(F)c1)=NC2.CNc1ncnc2c1c(I)nn2C(C)c1oc2cccc(F)c2c(=O)c1-c1cccc(F)c1. The quantitative estimate of drug-likeness (QED) is 0.0341. The number of aliphatic imine (C=N–C) groups is 1. The first-order valence-corrected chi connectivity index (χ1v) is 39.4. The van der Waals surface area contributed by atoms with Crippen molar-refractivity contribution in [1.82, 2.24) is 35.0 Å². The standard InChI is InChI=1S/C23H16F2IN5O2.C18H13BrF2O2.C17H13FO3.C16H17FN4O.C14H18BNO3/c1-11(31-23-18(21(26)30-31)22(27-2)28-10-29-23)20-16(12-5-3-6-13(24)9-12)19(32)17-14(25)7-4-8-15(17)33-20;1-2-12(19)18-15(10-5-3-6-11(20)9-10)17(22)16-13(21)7-4-8-14(16)23-18;1-10(19)17-14(11-6-3-2-4-7-11)16(20)15-12(18)8-5-9-13(15)21-17;1-9(2)22-13-5-4-10(6-11(13)17)15-14-12(7-19-15)20-8-21-16(14)18-3;1-13(2)14(3,4)19-15(18-13)10-6-5-9-8-16-12(17)11(9)7-10/h3-11H,1-2H3,(H,27,28,29);3-9,12H,2H2,1H3;2-10,19H,1H3;4-6,8-9H,7H2,1-3H3,(H,18,20,21);5-7H,8H2,1-4H3,(H,16,17). The predicted octanol–water partition coefficient (Wildman–Crippen LogP) is 18.4. The second kappa shape index (κ2) is 35.2. The van der Waals surface area contributed by atoms with Crippen LogP contribution in [-0.2, 0) is 22.4 Å². The lowest BCUT2D eigenvalue weighted by Crippen LogP contribution is -2.41. The van der Waals surface area contributed by atoms with Crippen molar-refractivity contribution in [2.45, 2.75) is 116 Å². The number of hydrogen-bond donors (Lipinski definition) is 4. The van der Waals surface area contributed by atoms with Gasteiger partial charge in [-0.3, -0.25) is 24.2 Å². The Hall–Kier alpha value is -11.7. The van der Waals surface area contributed by atoms with Gasteiger partial charge in [0.1, 0.15) is 119 Å². The summed E-state index contributed by atoms with van der Waals surface area (Å²) in [6.45, 7) is 18.1. The van der Waals surface area contributed by atoms with Crippen LogP contribution >= 0.6 is 38.5 Å². The number of anilines is 2. The average molecular weight is 1780 g/mol. The molecule has 30 heteroatoms. The van der Waals surface area contributed by atoms with E-state index >= 15 is 0 Å². The minimum absolute atomic E-state index is 0.0200. The number of ether oxygens (including phenoxy) is 1. The molecule has 3 unspecified atom stereocenters. The number of nitrogens with one attached hydrogen (secondary N) is 3. The predicted molar refractivity (Wildman–Crippen MR) is 454 cm³/mol. The summed E-state index contributed by atoms with van der Waals surface area (Å²) < 4.78 is 122. The van der Waals surface area contributed by atoms with Gasteiger partial charge in [-0.25, -0.2) is 51.0 Å². The van der Waals surface area contributed by atoms with Crippen molar-refractivity contribution < 1.29 is 63.5 Å². The van der Waals surface area contributed by atoms with Gasteiger partial charge in [-0.2, -0.15) is 5.10 Å². The van der Waals surface area contributed by atoms with E-state index in [4.69, 9.17) is 27.3 Å². The van der Waals surface area contributed by atoms with Crippen molar-refractivity contribution in [2.75, 3.05) is 24.7 Å². The molecule has 14 aromatic rings. The van der Waals surface area contributed by atoms with Crippen LogP contribution in [0.25, 0.3) is 77.3 Å². The average Bonchev–Trinajstić information content (AvgIpc) is 0.878. The highest BCUT2D eigenvalue weighted by atomic mass is 127. The van der Waals surface area contributed by atoms with Gasteiger partial charge in [0.15, 0.2) is 17.2 Å². The van der Waals surface area contributed by atoms with Crippen molar-refractivity contribution >= 4 is 118 Å². The van der Waals surface area contributed by atoms with Gasteiger partial charge in [-0.05, 0) is 197 Å². The van der Waals surface area contributed by atoms with Crippen LogP contribution in [0.5, 0.6) is 5.75 Å². The van der Waals surface area contributed by atoms with Crippen molar-refractivity contribution in [3.8, 4) is 39.1 Å². The van der Waals surface area contributed by atoms with Gasteiger partial charge in [0, 0.05) is 31.8 Å². The van der Waals surface area contributed by atoms with Crippen molar-refractivity contribution in [2.24, 2.45) is 4.99 Å². The Morgan fingerprint density at radius 1 is 0.576 bits per heavy atom. The first-order chi connectivity index (χ1) is 56.4. The fourth-order valence-electron chi connectivity index (χ4n) is 13.7. The molecule has 0 spiro atoms. The Bertz CT molecular complexity index is 6410. The smallest absolute Gasteiger partial charge is 0.488 e. The Balaban J connectivity index is 0.000000130. The number of carbonyl (C=O) groups excluding carboxylic acids is 1. The zero-order valence-corrected chi connectivity index (χ0v) is 69.3. The summed E-state index contributed by atoms with van der Waals surface area (Å²) in [5, 5.41) is 23.7. The number of amides is 1. The Kier molecular flexibility index (Phi) is 25.1. The third kappa shape index (κ3) is 17.1. The minimum Gasteiger partial charge on any atom is -0.488 e. The second-order valence-electron chi connectivity index (χ2n) is 28.8. The van der Waals surface area contributed by atoms with Gasteiger partial charge in [-0.15, -0.1) is 0 Å². The van der Waals surface area contributed by atoms with Gasteiger partial charge in [-0.1, -0.05) is 108 Å². The normalized spacial score (nSPS) is 14.3. The zero-order chi connectivity index (χ0) is 84.3. The molecule has 1 fully saturated rings. The molecule has 21 nitrogen and oxygen atoms in total. The molecule has 0 bridgehead atoms. The summed E-state index contributed by atoms with van der Waals surface area (Å²) in [5.41, 5.74) is 6.10. The third-order valence-corrected chi connectivity index (χ3v) is 21.9. The molecule has 6 aromatic heterocycles. The molecule has 4 N–H and O–H groups in total. The molecule has 0 radical (unpaired) electrons. The van der Waals surface area contributed by atoms with Crippen LogP contribution in [0.15, 0.2) is 215 Å². The van der Waals surface area contributed by atoms with E-state index in [-0.39, 0.29) is 100 Å². The molecule has 604 valence electrons. The van der Waals surface area contributed by atoms with Crippen molar-refractivity contribution in [3.05, 3.63) is 297 Å². The maximum Gasteiger partial charge on any atom is 0.494 e. The molecule has 3 aliphatic heterocycles. The summed E-state index contributed by atoms with van der Waals surface area (Å²) in [6.07, 6.45) is 2.53. The van der Waals surface area contributed by atoms with Crippen LogP contribution in [0.1, 0.15) is 136 Å². The number of benzene rings is 8. The number of fused-ring (bicyclic) bond motifs is 6. The van der Waals surface area contributed by atoms with Gasteiger partial charge in [0.05, 0.1) is 67.7 Å². The lowest BCUT2D eigenvalue weighted by atomic mass is 9.78. The third-order valence-electron chi connectivity index (χ3n) is 20.1. The van der Waals surface area contributed by atoms with E-state index in [1.807, 2.05) is 72.7 Å². The molecule has 1 amide bonds. The number of alkyl halides is 1. The van der Waals surface area contributed by atoms with Crippen LogP contribution in [-0.4, -0.2) is 85.0 Å². The molecule has 0 saturated carbocycles. The zero-order valence-electron chi connectivity index (χ0n) is 65.5. The van der Waals surface area contributed by atoms with E-state index in [0.29, 0.717) is 74.0 Å². The number of aliphatic hydroxyl groups is 1. The number of rotatable bonds is 14. The van der Waals surface area contributed by atoms with Gasteiger partial charge in [0.2, 0.25) is 16.3 Å². The maximum absolute atomic E-state index is 14.6. The van der Waals surface area contributed by atoms with Crippen LogP contribution in [0.4, 0.5) is 38.0 Å². The number of halogens is 8. The van der Waals surface area contributed by atoms with Crippen LogP contribution in [0, 0.1) is 38.6 Å². The molecule has 1 saturated heterocycles. The molecule has 8 aromatic carbocycles. The summed E-state index contributed by atoms with van der Waals surface area (Å²) in [4.78, 5) is 72.0. The molecule has 17 rings (SSSR count). The van der Waals surface area contributed by atoms with E-state index in [1.54, 1.807) is 80.3 Å². The summed E-state index contributed by atoms with van der Waals surface area (Å²) in [6, 6.07) is 42.7. The van der Waals surface area contributed by atoms with E-state index in [9.17, 15) is 50.6 Å². The van der Waals surface area contributed by atoms with E-state index in [0.717, 1.165) is 27.8 Å². The topological polar surface area (TPSA) is 273 Å². The summed E-state index contributed by atoms with van der Waals surface area (Å²) >= 11 is 5.56. The molecule has 3 aliphatic rings. The largest absolute Gasteiger partial charge is 0.494 e. The van der Waals surface area contributed by atoms with Gasteiger partial charge >= 0.3 is 7.12 Å². The molecule has 9 heterocycles. The number of aliphatic hydroxyl groups excluding tert-OH is 1. The highest BCUT2D eigenvalue weighted by Gasteiger charge is 2.52. The first-order valence-electron chi connectivity index (χ1n) is 37.4. The highest BCUT2D eigenvalue weighted by Crippen LogP contribution is 2.41. The maximum atomic E-state index is 14.6. The number of carbonyl (C=O) groups is 1. The monoisotopic (exact) mass is 1780 g/mol. The lowest BCUT2D eigenvalue weighted by molar-refractivity contribution is 0.00578. The van der Waals surface area contributed by atoms with Crippen molar-refractivity contribution in [3.63, 3.8) is 0 Å². The molecular formula is C88H77BBrF6IN10O11. The minimum atomic E-state index is -0.972. The molecule has 118 heavy (non-hydrogen) atoms. The number of aromatic nitrogens is 6. The fraction of sp³-hybridized carbons (Fsp3) is 0.227. The van der Waals surface area contributed by atoms with E-state index in [2.05, 4.69) is 84.5 Å². The van der Waals surface area contributed by atoms with Crippen LogP contribution < -0.4 is 42.4 Å². The first kappa shape index (κ1) is 84.2. The van der Waals surface area contributed by atoms with Crippen LogP contribution in [0.3, 0.4) is 0 Å². The molecule has 0 aliphatic carbocycles. The van der Waals surface area contributed by atoms with Crippen LogP contribution in [0.2, 0.25) is 0 Å². The van der Waals surface area contributed by atoms with Gasteiger partial charge in [0.25, 0.3) is 5.91 Å². The number of nitrogens with zero attached hydrogens (tertiary/aromatic N) is 7. The van der Waals surface area contributed by atoms with Crippen molar-refractivity contribution in [1.29, 1.82) is 0 Å². The number of hydrogen-bond acceptors (Lipinski definition) is 19.